The largest absolute Gasteiger partial charge is 0.368 e. The molecule has 0 spiro atoms. The Balaban J connectivity index is 2.33. The summed E-state index contributed by atoms with van der Waals surface area (Å²) in [5, 5.41) is 4.09. The van der Waals surface area contributed by atoms with Crippen molar-refractivity contribution in [3.63, 3.8) is 0 Å². The lowest BCUT2D eigenvalue weighted by Gasteiger charge is -2.39. The zero-order chi connectivity index (χ0) is 13.1. The molecule has 1 heterocycles. The first-order chi connectivity index (χ1) is 8.63. The highest BCUT2D eigenvalue weighted by Crippen LogP contribution is 2.33. The summed E-state index contributed by atoms with van der Waals surface area (Å²) >= 11 is 6.34. The van der Waals surface area contributed by atoms with E-state index in [4.69, 9.17) is 11.6 Å². The Morgan fingerprint density at radius 1 is 1.33 bits per heavy atom. The van der Waals surface area contributed by atoms with Gasteiger partial charge in [0.15, 0.2) is 0 Å². The summed E-state index contributed by atoms with van der Waals surface area (Å²) in [6, 6.07) is 6.85. The molecule has 2 unspecified atom stereocenters. The highest BCUT2D eigenvalue weighted by atomic mass is 35.5. The maximum Gasteiger partial charge on any atom is 0.0471 e. The first kappa shape index (κ1) is 13.7. The van der Waals surface area contributed by atoms with E-state index in [-0.39, 0.29) is 0 Å². The van der Waals surface area contributed by atoms with Crippen LogP contribution in [-0.4, -0.2) is 19.6 Å². The third-order valence-corrected chi connectivity index (χ3v) is 4.23. The predicted molar refractivity (Wildman–Crippen MR) is 79.4 cm³/mol. The lowest BCUT2D eigenvalue weighted by Crippen LogP contribution is -2.41. The van der Waals surface area contributed by atoms with E-state index in [9.17, 15) is 0 Å². The Morgan fingerprint density at radius 2 is 2.11 bits per heavy atom. The molecular formula is C15H23ClN2. The fraction of sp³-hybridized carbons (Fsp3) is 0.600. The summed E-state index contributed by atoms with van der Waals surface area (Å²) in [5.41, 5.74) is 2.53. The average molecular weight is 267 g/mol. The minimum Gasteiger partial charge on any atom is -0.368 e. The van der Waals surface area contributed by atoms with Crippen molar-refractivity contribution in [2.24, 2.45) is 5.92 Å². The van der Waals surface area contributed by atoms with Gasteiger partial charge in [-0.15, -0.1) is 0 Å². The van der Waals surface area contributed by atoms with Crippen molar-refractivity contribution in [1.29, 1.82) is 0 Å². The number of hydrogen-bond donors (Lipinski definition) is 1. The molecule has 1 aromatic rings. The van der Waals surface area contributed by atoms with Gasteiger partial charge in [0.2, 0.25) is 0 Å². The van der Waals surface area contributed by atoms with E-state index in [0.717, 1.165) is 24.0 Å². The number of benzene rings is 1. The highest BCUT2D eigenvalue weighted by molar-refractivity contribution is 6.31. The minimum atomic E-state index is 0.607. The van der Waals surface area contributed by atoms with E-state index >= 15 is 0 Å². The zero-order valence-electron chi connectivity index (χ0n) is 11.5. The molecule has 2 rings (SSSR count). The highest BCUT2D eigenvalue weighted by Gasteiger charge is 2.25. The van der Waals surface area contributed by atoms with E-state index in [0.29, 0.717) is 6.04 Å². The second-order valence-electron chi connectivity index (χ2n) is 5.45. The van der Waals surface area contributed by atoms with Crippen LogP contribution in [0.5, 0.6) is 0 Å². The van der Waals surface area contributed by atoms with Crippen LogP contribution < -0.4 is 10.2 Å². The van der Waals surface area contributed by atoms with Gasteiger partial charge in [-0.1, -0.05) is 24.6 Å². The Hall–Kier alpha value is -0.730. The number of hydrogen-bond acceptors (Lipinski definition) is 2. The molecule has 18 heavy (non-hydrogen) atoms. The molecule has 1 saturated heterocycles. The van der Waals surface area contributed by atoms with Gasteiger partial charge in [-0.3, -0.25) is 0 Å². The minimum absolute atomic E-state index is 0.607. The summed E-state index contributed by atoms with van der Waals surface area (Å²) in [4.78, 5) is 2.52. The van der Waals surface area contributed by atoms with Gasteiger partial charge in [0.25, 0.3) is 0 Å². The van der Waals surface area contributed by atoms with Crippen molar-refractivity contribution in [3.8, 4) is 0 Å². The van der Waals surface area contributed by atoms with Gasteiger partial charge in [-0.25, -0.2) is 0 Å². The monoisotopic (exact) mass is 266 g/mol. The Labute approximate surface area is 115 Å². The van der Waals surface area contributed by atoms with Gasteiger partial charge < -0.3 is 10.2 Å². The van der Waals surface area contributed by atoms with Gasteiger partial charge >= 0.3 is 0 Å². The van der Waals surface area contributed by atoms with Crippen LogP contribution in [0.2, 0.25) is 5.02 Å². The molecule has 1 fully saturated rings. The molecular weight excluding hydrogens is 244 g/mol. The van der Waals surface area contributed by atoms with Crippen LogP contribution >= 0.6 is 11.6 Å². The van der Waals surface area contributed by atoms with Gasteiger partial charge in [0.1, 0.15) is 0 Å². The normalized spacial score (nSPS) is 24.3. The molecule has 0 aliphatic carbocycles. The number of halogens is 1. The first-order valence-corrected chi connectivity index (χ1v) is 7.20. The molecule has 2 atom stereocenters. The Bertz CT molecular complexity index is 405. The Morgan fingerprint density at radius 3 is 2.83 bits per heavy atom. The maximum atomic E-state index is 6.34. The number of nitrogens with one attached hydrogen (secondary N) is 1. The predicted octanol–water partition coefficient (Wildman–Crippen LogP) is 3.68. The quantitative estimate of drug-likeness (QED) is 0.898. The smallest absolute Gasteiger partial charge is 0.0471 e. The summed E-state index contributed by atoms with van der Waals surface area (Å²) in [6.07, 6.45) is 2.60. The molecule has 2 nitrogen and oxygen atoms in total. The molecule has 100 valence electrons. The van der Waals surface area contributed by atoms with E-state index in [2.05, 4.69) is 36.2 Å². The van der Waals surface area contributed by atoms with Crippen molar-refractivity contribution in [2.45, 2.75) is 39.3 Å². The lowest BCUT2D eigenvalue weighted by atomic mass is 9.93. The molecule has 0 radical (unpaired) electrons. The molecule has 0 aromatic heterocycles. The van der Waals surface area contributed by atoms with Crippen LogP contribution in [0.25, 0.3) is 0 Å². The maximum absolute atomic E-state index is 6.34. The Kier molecular flexibility index (Phi) is 4.52. The van der Waals surface area contributed by atoms with Gasteiger partial charge in [-0.2, -0.15) is 0 Å². The van der Waals surface area contributed by atoms with Crippen LogP contribution in [0.3, 0.4) is 0 Å². The SMILES string of the molecule is CNCc1c(Cl)cccc1N1CC(C)CCC1C. The van der Waals surface area contributed by atoms with E-state index in [1.54, 1.807) is 0 Å². The fourth-order valence-corrected chi connectivity index (χ4v) is 3.03. The van der Waals surface area contributed by atoms with Crippen molar-refractivity contribution >= 4 is 17.3 Å². The van der Waals surface area contributed by atoms with Crippen LogP contribution in [0, 0.1) is 5.92 Å². The van der Waals surface area contributed by atoms with Crippen LogP contribution in [0.1, 0.15) is 32.3 Å². The van der Waals surface area contributed by atoms with Crippen molar-refractivity contribution < 1.29 is 0 Å². The van der Waals surface area contributed by atoms with Gasteiger partial charge in [0.05, 0.1) is 0 Å². The zero-order valence-corrected chi connectivity index (χ0v) is 12.3. The van der Waals surface area contributed by atoms with Crippen LogP contribution in [-0.2, 0) is 6.54 Å². The van der Waals surface area contributed by atoms with E-state index in [1.807, 2.05) is 13.1 Å². The molecule has 0 saturated carbocycles. The molecule has 0 bridgehead atoms. The fourth-order valence-electron chi connectivity index (χ4n) is 2.79. The van der Waals surface area contributed by atoms with Crippen molar-refractivity contribution in [2.75, 3.05) is 18.5 Å². The number of nitrogens with zero attached hydrogens (tertiary/aromatic N) is 1. The number of rotatable bonds is 3. The van der Waals surface area contributed by atoms with Crippen LogP contribution in [0.4, 0.5) is 5.69 Å². The second-order valence-corrected chi connectivity index (χ2v) is 5.86. The van der Waals surface area contributed by atoms with E-state index < -0.39 is 0 Å². The van der Waals surface area contributed by atoms with Gasteiger partial charge in [0, 0.05) is 35.4 Å². The molecule has 3 heteroatoms. The number of piperidine rings is 1. The summed E-state index contributed by atoms with van der Waals surface area (Å²) in [7, 11) is 1.97. The summed E-state index contributed by atoms with van der Waals surface area (Å²) in [5.74, 6) is 0.766. The van der Waals surface area contributed by atoms with Crippen molar-refractivity contribution in [3.05, 3.63) is 28.8 Å². The van der Waals surface area contributed by atoms with E-state index in [1.165, 1.54) is 24.1 Å². The second kappa shape index (κ2) is 5.94. The van der Waals surface area contributed by atoms with Gasteiger partial charge in [-0.05, 0) is 44.9 Å². The van der Waals surface area contributed by atoms with Crippen molar-refractivity contribution in [1.82, 2.24) is 5.32 Å². The topological polar surface area (TPSA) is 15.3 Å². The molecule has 1 N–H and O–H groups in total. The third-order valence-electron chi connectivity index (χ3n) is 3.87. The lowest BCUT2D eigenvalue weighted by molar-refractivity contribution is 0.389. The molecule has 1 aliphatic heterocycles. The standard InChI is InChI=1S/C15H23ClN2/c1-11-7-8-12(2)18(10-11)15-6-4-5-14(16)13(15)9-17-3/h4-6,11-12,17H,7-10H2,1-3H3. The first-order valence-electron chi connectivity index (χ1n) is 6.82. The molecule has 1 aromatic carbocycles. The summed E-state index contributed by atoms with van der Waals surface area (Å²) < 4.78 is 0. The average Bonchev–Trinajstić information content (AvgIpc) is 2.35. The molecule has 1 aliphatic rings. The number of anilines is 1. The summed E-state index contributed by atoms with van der Waals surface area (Å²) in [6.45, 7) is 6.61. The van der Waals surface area contributed by atoms with Crippen LogP contribution in [0.15, 0.2) is 18.2 Å². The third kappa shape index (κ3) is 2.81. The molecule has 0 amide bonds.